The highest BCUT2D eigenvalue weighted by Gasteiger charge is 2.14. The maximum absolute atomic E-state index is 13.6. The number of halogens is 2. The molecule has 2 rings (SSSR count). The van der Waals surface area contributed by atoms with Crippen LogP contribution in [0, 0.1) is 5.82 Å². The minimum atomic E-state index is -0.600. The van der Waals surface area contributed by atoms with E-state index in [4.69, 9.17) is 11.6 Å². The molecule has 1 aromatic carbocycles. The van der Waals surface area contributed by atoms with Crippen LogP contribution in [0.4, 0.5) is 4.39 Å². The molecule has 84 valence electrons. The molecule has 1 N–H and O–H groups in total. The molecular formula is C11H9ClFNOS. The first-order chi connectivity index (χ1) is 7.59. The van der Waals surface area contributed by atoms with E-state index in [0.29, 0.717) is 20.5 Å². The monoisotopic (exact) mass is 257 g/mol. The van der Waals surface area contributed by atoms with E-state index < -0.39 is 11.9 Å². The summed E-state index contributed by atoms with van der Waals surface area (Å²) in [6.45, 7) is 1.64. The number of aliphatic hydroxyl groups is 1. The van der Waals surface area contributed by atoms with Gasteiger partial charge in [-0.25, -0.2) is 9.37 Å². The van der Waals surface area contributed by atoms with Crippen LogP contribution in [-0.4, -0.2) is 10.1 Å². The van der Waals surface area contributed by atoms with Crippen LogP contribution in [0.5, 0.6) is 0 Å². The first kappa shape index (κ1) is 11.5. The smallest absolute Gasteiger partial charge is 0.134 e. The number of hydrogen-bond acceptors (Lipinski definition) is 3. The van der Waals surface area contributed by atoms with Gasteiger partial charge in [0.25, 0.3) is 0 Å². The lowest BCUT2D eigenvalue weighted by molar-refractivity contribution is 0.203. The van der Waals surface area contributed by atoms with Crippen molar-refractivity contribution in [2.45, 2.75) is 13.0 Å². The van der Waals surface area contributed by atoms with E-state index in [2.05, 4.69) is 4.98 Å². The van der Waals surface area contributed by atoms with Crippen molar-refractivity contribution in [2.75, 3.05) is 0 Å². The molecule has 2 aromatic rings. The summed E-state index contributed by atoms with van der Waals surface area (Å²) in [6, 6.07) is 4.50. The second kappa shape index (κ2) is 4.49. The molecule has 5 heteroatoms. The van der Waals surface area contributed by atoms with Crippen molar-refractivity contribution in [2.24, 2.45) is 0 Å². The van der Waals surface area contributed by atoms with E-state index in [1.165, 1.54) is 23.6 Å². The van der Waals surface area contributed by atoms with Gasteiger partial charge in [0.05, 0.1) is 21.6 Å². The predicted molar refractivity (Wildman–Crippen MR) is 63.2 cm³/mol. The molecule has 16 heavy (non-hydrogen) atoms. The van der Waals surface area contributed by atoms with E-state index in [0.717, 1.165) is 0 Å². The van der Waals surface area contributed by atoms with Gasteiger partial charge in [-0.15, -0.1) is 11.3 Å². The van der Waals surface area contributed by atoms with Crippen LogP contribution in [0.15, 0.2) is 24.4 Å². The van der Waals surface area contributed by atoms with Gasteiger partial charge >= 0.3 is 0 Å². The highest BCUT2D eigenvalue weighted by Crippen LogP contribution is 2.34. The standard InChI is InChI=1S/C11H9ClFNOS/c1-6(15)9-5-14-11(16-9)10-7(12)3-2-4-8(10)13/h2-6,15H,1H3. The van der Waals surface area contributed by atoms with Crippen LogP contribution in [-0.2, 0) is 0 Å². The Balaban J connectivity index is 2.50. The van der Waals surface area contributed by atoms with Gasteiger partial charge in [-0.1, -0.05) is 17.7 Å². The van der Waals surface area contributed by atoms with Gasteiger partial charge in [0, 0.05) is 6.20 Å². The summed E-state index contributed by atoms with van der Waals surface area (Å²) in [6.07, 6.45) is 0.935. The summed E-state index contributed by atoms with van der Waals surface area (Å²) < 4.78 is 13.6. The van der Waals surface area contributed by atoms with Gasteiger partial charge in [0.15, 0.2) is 0 Å². The Kier molecular flexibility index (Phi) is 3.23. The van der Waals surface area contributed by atoms with E-state index in [1.54, 1.807) is 19.1 Å². The number of aromatic nitrogens is 1. The molecule has 1 atom stereocenters. The molecule has 0 aliphatic carbocycles. The molecule has 1 aromatic heterocycles. The molecule has 0 radical (unpaired) electrons. The Hall–Kier alpha value is -0.970. The van der Waals surface area contributed by atoms with Crippen LogP contribution in [0.1, 0.15) is 17.9 Å². The lowest BCUT2D eigenvalue weighted by atomic mass is 10.2. The summed E-state index contributed by atoms with van der Waals surface area (Å²) in [5.74, 6) is -0.404. The van der Waals surface area contributed by atoms with Gasteiger partial charge in [0.1, 0.15) is 10.8 Å². The Morgan fingerprint density at radius 1 is 1.50 bits per heavy atom. The molecule has 2 nitrogen and oxygen atoms in total. The molecular weight excluding hydrogens is 249 g/mol. The number of benzene rings is 1. The summed E-state index contributed by atoms with van der Waals surface area (Å²) in [5.41, 5.74) is 0.293. The summed E-state index contributed by atoms with van der Waals surface area (Å²) in [5, 5.41) is 10.2. The SMILES string of the molecule is CC(O)c1cnc(-c2c(F)cccc2Cl)s1. The third-order valence-corrected chi connectivity index (χ3v) is 3.61. The Bertz CT molecular complexity index is 492. The maximum atomic E-state index is 13.6. The largest absolute Gasteiger partial charge is 0.388 e. The quantitative estimate of drug-likeness (QED) is 0.891. The molecule has 0 aliphatic heterocycles. The molecule has 0 aliphatic rings. The van der Waals surface area contributed by atoms with Crippen molar-refractivity contribution in [1.82, 2.24) is 4.98 Å². The fourth-order valence-electron chi connectivity index (χ4n) is 1.30. The molecule has 0 amide bonds. The van der Waals surface area contributed by atoms with Crippen molar-refractivity contribution in [3.05, 3.63) is 40.1 Å². The van der Waals surface area contributed by atoms with Gasteiger partial charge in [-0.3, -0.25) is 0 Å². The highest BCUT2D eigenvalue weighted by atomic mass is 35.5. The molecule has 0 spiro atoms. The third kappa shape index (κ3) is 2.09. The maximum Gasteiger partial charge on any atom is 0.134 e. The van der Waals surface area contributed by atoms with Gasteiger partial charge in [-0.2, -0.15) is 0 Å². The second-order valence-electron chi connectivity index (χ2n) is 3.34. The fourth-order valence-corrected chi connectivity index (χ4v) is 2.52. The fraction of sp³-hybridized carbons (Fsp3) is 0.182. The molecule has 0 bridgehead atoms. The summed E-state index contributed by atoms with van der Waals surface area (Å²) in [4.78, 5) is 4.75. The van der Waals surface area contributed by atoms with Gasteiger partial charge in [-0.05, 0) is 19.1 Å². The number of thiazole rings is 1. The van der Waals surface area contributed by atoms with Crippen molar-refractivity contribution in [1.29, 1.82) is 0 Å². The third-order valence-electron chi connectivity index (χ3n) is 2.11. The van der Waals surface area contributed by atoms with Crippen molar-refractivity contribution in [3.8, 4) is 10.6 Å². The number of nitrogens with zero attached hydrogens (tertiary/aromatic N) is 1. The zero-order valence-electron chi connectivity index (χ0n) is 8.45. The van der Waals surface area contributed by atoms with E-state index >= 15 is 0 Å². The second-order valence-corrected chi connectivity index (χ2v) is 4.81. The van der Waals surface area contributed by atoms with Gasteiger partial charge < -0.3 is 5.11 Å². The Labute approximate surface area is 101 Å². The highest BCUT2D eigenvalue weighted by molar-refractivity contribution is 7.15. The van der Waals surface area contributed by atoms with Crippen molar-refractivity contribution >= 4 is 22.9 Å². The van der Waals surface area contributed by atoms with E-state index in [1.807, 2.05) is 0 Å². The predicted octanol–water partition coefficient (Wildman–Crippen LogP) is 3.66. The Morgan fingerprint density at radius 3 is 2.81 bits per heavy atom. The number of rotatable bonds is 2. The lowest BCUT2D eigenvalue weighted by Gasteiger charge is -2.01. The first-order valence-corrected chi connectivity index (χ1v) is 5.87. The van der Waals surface area contributed by atoms with Crippen LogP contribution in [0.3, 0.4) is 0 Å². The van der Waals surface area contributed by atoms with Crippen LogP contribution >= 0.6 is 22.9 Å². The molecule has 1 unspecified atom stereocenters. The minimum Gasteiger partial charge on any atom is -0.388 e. The zero-order chi connectivity index (χ0) is 11.7. The van der Waals surface area contributed by atoms with E-state index in [9.17, 15) is 9.50 Å². The molecule has 0 saturated carbocycles. The average molecular weight is 258 g/mol. The molecule has 1 heterocycles. The van der Waals surface area contributed by atoms with E-state index in [-0.39, 0.29) is 0 Å². The van der Waals surface area contributed by atoms with Gasteiger partial charge in [0.2, 0.25) is 0 Å². The van der Waals surface area contributed by atoms with Crippen LogP contribution < -0.4 is 0 Å². The average Bonchev–Trinajstić information content (AvgIpc) is 2.66. The normalized spacial score (nSPS) is 12.8. The first-order valence-electron chi connectivity index (χ1n) is 4.67. The molecule has 0 fully saturated rings. The minimum absolute atomic E-state index is 0.293. The number of hydrogen-bond donors (Lipinski definition) is 1. The summed E-state index contributed by atoms with van der Waals surface area (Å²) >= 11 is 7.15. The Morgan fingerprint density at radius 2 is 2.25 bits per heavy atom. The number of aliphatic hydroxyl groups excluding tert-OH is 1. The topological polar surface area (TPSA) is 33.1 Å². The molecule has 0 saturated heterocycles. The zero-order valence-corrected chi connectivity index (χ0v) is 10.0. The van der Waals surface area contributed by atoms with Crippen molar-refractivity contribution in [3.63, 3.8) is 0 Å². The van der Waals surface area contributed by atoms with Crippen LogP contribution in [0.25, 0.3) is 10.6 Å². The van der Waals surface area contributed by atoms with Crippen LogP contribution in [0.2, 0.25) is 5.02 Å². The summed E-state index contributed by atoms with van der Waals surface area (Å²) in [7, 11) is 0. The lowest BCUT2D eigenvalue weighted by Crippen LogP contribution is -1.84. The van der Waals surface area contributed by atoms with Crippen molar-refractivity contribution < 1.29 is 9.50 Å².